The van der Waals surface area contributed by atoms with Gasteiger partial charge in [0.25, 0.3) is 0 Å². The van der Waals surface area contributed by atoms with Gasteiger partial charge in [0.05, 0.1) is 0 Å². The van der Waals surface area contributed by atoms with Crippen LogP contribution in [0.4, 0.5) is 11.4 Å². The molecule has 0 fully saturated rings. The van der Waals surface area contributed by atoms with Crippen molar-refractivity contribution < 1.29 is 18.0 Å². The van der Waals surface area contributed by atoms with Crippen LogP contribution >= 0.6 is 11.6 Å². The lowest BCUT2D eigenvalue weighted by molar-refractivity contribution is -0.115. The van der Waals surface area contributed by atoms with E-state index in [1.165, 1.54) is 0 Å². The monoisotopic (exact) mass is 422 g/mol. The number of carbonyl (C=O) groups excluding carboxylic acids is 2. The standard InChI is InChI=1S/C20H23ClN2O4S/c1-4-18(20(25)23-17-11-15(21)9-8-14(17)3)28(26,27)12-19(24)22-16-7-5-6-13(2)10-16/h5-11,18H,4,12H2,1-3H3,(H,22,24)(H,23,25). The van der Waals surface area contributed by atoms with Crippen LogP contribution < -0.4 is 10.6 Å². The summed E-state index contributed by atoms with van der Waals surface area (Å²) in [6, 6.07) is 12.0. The normalized spacial score (nSPS) is 12.3. The van der Waals surface area contributed by atoms with E-state index < -0.39 is 32.7 Å². The molecule has 6 nitrogen and oxygen atoms in total. The van der Waals surface area contributed by atoms with Crippen molar-refractivity contribution in [2.45, 2.75) is 32.4 Å². The Morgan fingerprint density at radius 2 is 1.79 bits per heavy atom. The van der Waals surface area contributed by atoms with Crippen LogP contribution in [0.2, 0.25) is 5.02 Å². The van der Waals surface area contributed by atoms with Crippen molar-refractivity contribution in [3.63, 3.8) is 0 Å². The Morgan fingerprint density at radius 1 is 1.07 bits per heavy atom. The average molecular weight is 423 g/mol. The van der Waals surface area contributed by atoms with Crippen molar-refractivity contribution in [1.29, 1.82) is 0 Å². The van der Waals surface area contributed by atoms with Crippen molar-refractivity contribution in [3.8, 4) is 0 Å². The molecule has 2 aromatic carbocycles. The quantitative estimate of drug-likeness (QED) is 0.711. The summed E-state index contributed by atoms with van der Waals surface area (Å²) in [7, 11) is -4.00. The summed E-state index contributed by atoms with van der Waals surface area (Å²) in [4.78, 5) is 24.8. The third-order valence-corrected chi connectivity index (χ3v) is 6.50. The van der Waals surface area contributed by atoms with Gasteiger partial charge in [-0.05, 0) is 55.7 Å². The van der Waals surface area contributed by atoms with Crippen molar-refractivity contribution >= 4 is 44.6 Å². The first-order valence-electron chi connectivity index (χ1n) is 8.77. The molecule has 2 amide bonds. The Hall–Kier alpha value is -2.38. The van der Waals surface area contributed by atoms with E-state index in [4.69, 9.17) is 11.6 Å². The van der Waals surface area contributed by atoms with Crippen LogP contribution in [0, 0.1) is 13.8 Å². The summed E-state index contributed by atoms with van der Waals surface area (Å²) in [6.45, 7) is 5.23. The minimum Gasteiger partial charge on any atom is -0.325 e. The fraction of sp³-hybridized carbons (Fsp3) is 0.300. The number of nitrogens with one attached hydrogen (secondary N) is 2. The fourth-order valence-corrected chi connectivity index (χ4v) is 4.45. The maximum absolute atomic E-state index is 12.7. The highest BCUT2D eigenvalue weighted by Crippen LogP contribution is 2.21. The molecule has 2 N–H and O–H groups in total. The summed E-state index contributed by atoms with van der Waals surface area (Å²) < 4.78 is 25.3. The number of benzene rings is 2. The number of hydrogen-bond donors (Lipinski definition) is 2. The van der Waals surface area contributed by atoms with Crippen LogP contribution in [0.1, 0.15) is 24.5 Å². The van der Waals surface area contributed by atoms with Gasteiger partial charge in [-0.25, -0.2) is 8.42 Å². The van der Waals surface area contributed by atoms with Gasteiger partial charge in [-0.15, -0.1) is 0 Å². The second-order valence-electron chi connectivity index (χ2n) is 6.57. The summed E-state index contributed by atoms with van der Waals surface area (Å²) in [5.74, 6) is -2.14. The molecule has 2 aromatic rings. The topological polar surface area (TPSA) is 92.3 Å². The number of halogens is 1. The average Bonchev–Trinajstić information content (AvgIpc) is 2.57. The zero-order valence-electron chi connectivity index (χ0n) is 16.0. The number of carbonyl (C=O) groups is 2. The lowest BCUT2D eigenvalue weighted by atomic mass is 10.2. The fourth-order valence-electron chi connectivity index (χ4n) is 2.75. The molecule has 0 aliphatic heterocycles. The Bertz CT molecular complexity index is 989. The van der Waals surface area contributed by atoms with Gasteiger partial charge in [0.15, 0.2) is 9.84 Å². The predicted molar refractivity (Wildman–Crippen MR) is 112 cm³/mol. The number of rotatable bonds is 7. The minimum absolute atomic E-state index is 0.0471. The highest BCUT2D eigenvalue weighted by atomic mass is 35.5. The molecule has 0 saturated carbocycles. The Labute approximate surface area is 170 Å². The van der Waals surface area contributed by atoms with Crippen LogP contribution in [0.15, 0.2) is 42.5 Å². The third kappa shape index (κ3) is 5.81. The first kappa shape index (κ1) is 21.9. The first-order valence-corrected chi connectivity index (χ1v) is 10.9. The van der Waals surface area contributed by atoms with Crippen LogP contribution in [-0.2, 0) is 19.4 Å². The zero-order valence-corrected chi connectivity index (χ0v) is 17.5. The zero-order chi connectivity index (χ0) is 20.9. The number of sulfone groups is 1. The molecule has 0 saturated heterocycles. The second-order valence-corrected chi connectivity index (χ2v) is 9.19. The van der Waals surface area contributed by atoms with E-state index in [2.05, 4.69) is 10.6 Å². The van der Waals surface area contributed by atoms with Gasteiger partial charge >= 0.3 is 0 Å². The number of amides is 2. The Kier molecular flexibility index (Phi) is 7.21. The second kappa shape index (κ2) is 9.21. The molecule has 1 atom stereocenters. The van der Waals surface area contributed by atoms with Crippen LogP contribution in [0.5, 0.6) is 0 Å². The molecule has 150 valence electrons. The highest BCUT2D eigenvalue weighted by molar-refractivity contribution is 7.93. The molecule has 0 aromatic heterocycles. The molecule has 0 radical (unpaired) electrons. The highest BCUT2D eigenvalue weighted by Gasteiger charge is 2.33. The van der Waals surface area contributed by atoms with Crippen LogP contribution in [0.25, 0.3) is 0 Å². The third-order valence-electron chi connectivity index (χ3n) is 4.19. The van der Waals surface area contributed by atoms with Crippen LogP contribution in [-0.4, -0.2) is 31.2 Å². The Balaban J connectivity index is 2.11. The van der Waals surface area contributed by atoms with E-state index in [1.807, 2.05) is 13.0 Å². The van der Waals surface area contributed by atoms with E-state index in [-0.39, 0.29) is 6.42 Å². The minimum atomic E-state index is -4.00. The maximum atomic E-state index is 12.7. The molecule has 0 bridgehead atoms. The first-order chi connectivity index (χ1) is 13.1. The molecule has 2 rings (SSSR count). The lowest BCUT2D eigenvalue weighted by Gasteiger charge is -2.17. The van der Waals surface area contributed by atoms with Gasteiger partial charge in [-0.2, -0.15) is 0 Å². The molecule has 0 spiro atoms. The molecular weight excluding hydrogens is 400 g/mol. The van der Waals surface area contributed by atoms with Gasteiger partial charge in [-0.3, -0.25) is 9.59 Å². The Morgan fingerprint density at radius 3 is 2.43 bits per heavy atom. The van der Waals surface area contributed by atoms with Gasteiger partial charge in [0, 0.05) is 16.4 Å². The smallest absolute Gasteiger partial charge is 0.242 e. The van der Waals surface area contributed by atoms with Crippen LogP contribution in [0.3, 0.4) is 0 Å². The van der Waals surface area contributed by atoms with E-state index in [0.717, 1.165) is 11.1 Å². The number of anilines is 2. The van der Waals surface area contributed by atoms with Gasteiger partial charge in [0.1, 0.15) is 11.0 Å². The molecule has 8 heteroatoms. The molecular formula is C20H23ClN2O4S. The molecule has 0 aliphatic carbocycles. The van der Waals surface area contributed by atoms with E-state index >= 15 is 0 Å². The largest absolute Gasteiger partial charge is 0.325 e. The van der Waals surface area contributed by atoms with Crippen molar-refractivity contribution in [2.75, 3.05) is 16.4 Å². The van der Waals surface area contributed by atoms with Gasteiger partial charge in [0.2, 0.25) is 11.8 Å². The summed E-state index contributed by atoms with van der Waals surface area (Å²) in [6.07, 6.45) is 0.0471. The summed E-state index contributed by atoms with van der Waals surface area (Å²) in [5, 5.41) is 4.25. The predicted octanol–water partition coefficient (Wildman–Crippen LogP) is 3.73. The van der Waals surface area contributed by atoms with Gasteiger partial charge in [-0.1, -0.05) is 36.7 Å². The van der Waals surface area contributed by atoms with Crippen molar-refractivity contribution in [1.82, 2.24) is 0 Å². The summed E-state index contributed by atoms with van der Waals surface area (Å²) >= 11 is 5.94. The molecule has 0 aliphatic rings. The SMILES string of the molecule is CCC(C(=O)Nc1cc(Cl)ccc1C)S(=O)(=O)CC(=O)Nc1cccc(C)c1. The van der Waals surface area contributed by atoms with Crippen molar-refractivity contribution in [3.05, 3.63) is 58.6 Å². The molecule has 1 unspecified atom stereocenters. The van der Waals surface area contributed by atoms with Crippen molar-refractivity contribution in [2.24, 2.45) is 0 Å². The number of aryl methyl sites for hydroxylation is 2. The lowest BCUT2D eigenvalue weighted by Crippen LogP contribution is -2.39. The van der Waals surface area contributed by atoms with E-state index in [9.17, 15) is 18.0 Å². The maximum Gasteiger partial charge on any atom is 0.242 e. The van der Waals surface area contributed by atoms with Gasteiger partial charge < -0.3 is 10.6 Å². The van der Waals surface area contributed by atoms with E-state index in [1.54, 1.807) is 50.2 Å². The summed E-state index contributed by atoms with van der Waals surface area (Å²) in [5.41, 5.74) is 2.63. The van der Waals surface area contributed by atoms with E-state index in [0.29, 0.717) is 16.4 Å². The molecule has 0 heterocycles. The number of hydrogen-bond acceptors (Lipinski definition) is 4. The molecule has 28 heavy (non-hydrogen) atoms.